The van der Waals surface area contributed by atoms with Crippen molar-refractivity contribution in [2.24, 2.45) is 0 Å². The number of hydrogen-bond acceptors (Lipinski definition) is 2. The van der Waals surface area contributed by atoms with E-state index in [1.165, 1.54) is 6.20 Å². The van der Waals surface area contributed by atoms with Crippen molar-refractivity contribution >= 4 is 11.7 Å². The molecule has 0 unspecified atom stereocenters. The van der Waals surface area contributed by atoms with Gasteiger partial charge in [0.2, 0.25) is 0 Å². The lowest BCUT2D eigenvalue weighted by Crippen LogP contribution is -2.51. The van der Waals surface area contributed by atoms with Gasteiger partial charge in [-0.2, -0.15) is 0 Å². The third-order valence-corrected chi connectivity index (χ3v) is 2.59. The first-order chi connectivity index (χ1) is 7.94. The number of halogens is 2. The number of pyridine rings is 1. The maximum absolute atomic E-state index is 12.5. The van der Waals surface area contributed by atoms with E-state index >= 15 is 0 Å². The minimum absolute atomic E-state index is 0.285. The minimum Gasteiger partial charge on any atom is -0.335 e. The highest BCUT2D eigenvalue weighted by Crippen LogP contribution is 2.37. The van der Waals surface area contributed by atoms with E-state index in [1.54, 1.807) is 12.1 Å². The van der Waals surface area contributed by atoms with Gasteiger partial charge in [-0.3, -0.25) is 4.98 Å². The Kier molecular flexibility index (Phi) is 2.95. The summed E-state index contributed by atoms with van der Waals surface area (Å²) in [5.41, 5.74) is 1.38. The molecule has 0 aromatic carbocycles. The summed E-state index contributed by atoms with van der Waals surface area (Å²) >= 11 is 0. The number of carbonyl (C=O) groups excluding carboxylic acids is 1. The summed E-state index contributed by atoms with van der Waals surface area (Å²) in [6.07, 6.45) is 0.948. The van der Waals surface area contributed by atoms with Gasteiger partial charge in [-0.05, 0) is 19.1 Å². The fourth-order valence-corrected chi connectivity index (χ4v) is 1.66. The van der Waals surface area contributed by atoms with E-state index in [0.29, 0.717) is 5.69 Å². The lowest BCUT2D eigenvalue weighted by molar-refractivity contribution is -0.0893. The lowest BCUT2D eigenvalue weighted by atomic mass is 9.88. The molecule has 17 heavy (non-hydrogen) atoms. The molecule has 1 heterocycles. The van der Waals surface area contributed by atoms with E-state index in [0.717, 1.165) is 5.69 Å². The summed E-state index contributed by atoms with van der Waals surface area (Å²) in [7, 11) is 0. The van der Waals surface area contributed by atoms with Crippen LogP contribution < -0.4 is 10.6 Å². The molecule has 2 rings (SSSR count). The average Bonchev–Trinajstić information content (AvgIpc) is 2.18. The molecule has 1 aliphatic carbocycles. The smallest absolute Gasteiger partial charge is 0.319 e. The zero-order chi connectivity index (χ0) is 12.5. The van der Waals surface area contributed by atoms with Crippen LogP contribution in [-0.4, -0.2) is 23.0 Å². The van der Waals surface area contributed by atoms with Crippen LogP contribution in [0.2, 0.25) is 0 Å². The van der Waals surface area contributed by atoms with Crippen molar-refractivity contribution < 1.29 is 13.6 Å². The molecule has 0 radical (unpaired) electrons. The molecule has 0 atom stereocenters. The molecule has 0 bridgehead atoms. The predicted molar refractivity (Wildman–Crippen MR) is 59.1 cm³/mol. The summed E-state index contributed by atoms with van der Waals surface area (Å²) in [6, 6.07) is 2.55. The van der Waals surface area contributed by atoms with Crippen LogP contribution in [0.25, 0.3) is 0 Å². The number of anilines is 1. The number of urea groups is 1. The van der Waals surface area contributed by atoms with Crippen molar-refractivity contribution in [1.29, 1.82) is 0 Å². The van der Waals surface area contributed by atoms with E-state index in [9.17, 15) is 13.6 Å². The number of carbonyl (C=O) groups is 1. The maximum Gasteiger partial charge on any atom is 0.319 e. The summed E-state index contributed by atoms with van der Waals surface area (Å²) in [5.74, 6) is -2.62. The topological polar surface area (TPSA) is 54.0 Å². The Hall–Kier alpha value is -1.72. The molecule has 6 heteroatoms. The van der Waals surface area contributed by atoms with Gasteiger partial charge >= 0.3 is 6.03 Å². The molecular formula is C11H13F2N3O. The van der Waals surface area contributed by atoms with E-state index < -0.39 is 18.0 Å². The van der Waals surface area contributed by atoms with Crippen LogP contribution in [0, 0.1) is 6.92 Å². The van der Waals surface area contributed by atoms with Crippen molar-refractivity contribution in [3.8, 4) is 0 Å². The van der Waals surface area contributed by atoms with Gasteiger partial charge < -0.3 is 10.6 Å². The standard InChI is InChI=1S/C11H13F2N3O/c1-7-2-3-8(6-14-7)15-10(17)16-9-4-11(12,13)5-9/h2-3,6,9H,4-5H2,1H3,(H2,15,16,17). The summed E-state index contributed by atoms with van der Waals surface area (Å²) in [6.45, 7) is 1.83. The Labute approximate surface area is 97.4 Å². The Morgan fingerprint density at radius 2 is 2.18 bits per heavy atom. The van der Waals surface area contributed by atoms with Gasteiger partial charge in [0.15, 0.2) is 0 Å². The highest BCUT2D eigenvalue weighted by molar-refractivity contribution is 5.89. The number of rotatable bonds is 2. The van der Waals surface area contributed by atoms with E-state index in [-0.39, 0.29) is 12.8 Å². The van der Waals surface area contributed by atoms with Gasteiger partial charge in [-0.15, -0.1) is 0 Å². The number of amides is 2. The molecule has 1 aliphatic rings. The van der Waals surface area contributed by atoms with E-state index in [4.69, 9.17) is 0 Å². The molecule has 0 aliphatic heterocycles. The zero-order valence-electron chi connectivity index (χ0n) is 9.34. The first-order valence-corrected chi connectivity index (χ1v) is 5.33. The number of hydrogen-bond donors (Lipinski definition) is 2. The second-order valence-corrected chi connectivity index (χ2v) is 4.25. The Bertz CT molecular complexity index is 411. The molecule has 0 saturated heterocycles. The van der Waals surface area contributed by atoms with Crippen LogP contribution in [0.1, 0.15) is 18.5 Å². The minimum atomic E-state index is -2.62. The van der Waals surface area contributed by atoms with Gasteiger partial charge in [-0.25, -0.2) is 13.6 Å². The van der Waals surface area contributed by atoms with E-state index in [2.05, 4.69) is 15.6 Å². The molecule has 92 valence electrons. The van der Waals surface area contributed by atoms with Crippen molar-refractivity contribution in [3.05, 3.63) is 24.0 Å². The van der Waals surface area contributed by atoms with Crippen LogP contribution in [-0.2, 0) is 0 Å². The average molecular weight is 241 g/mol. The molecule has 1 fully saturated rings. The molecule has 4 nitrogen and oxygen atoms in total. The van der Waals surface area contributed by atoms with Crippen LogP contribution in [0.4, 0.5) is 19.3 Å². The largest absolute Gasteiger partial charge is 0.335 e. The molecule has 1 saturated carbocycles. The second-order valence-electron chi connectivity index (χ2n) is 4.25. The number of aryl methyl sites for hydroxylation is 1. The number of aromatic nitrogens is 1. The third-order valence-electron chi connectivity index (χ3n) is 2.59. The molecule has 1 aromatic heterocycles. The van der Waals surface area contributed by atoms with Crippen LogP contribution in [0.5, 0.6) is 0 Å². The predicted octanol–water partition coefficient (Wildman–Crippen LogP) is 2.31. The van der Waals surface area contributed by atoms with Crippen LogP contribution >= 0.6 is 0 Å². The van der Waals surface area contributed by atoms with Gasteiger partial charge in [0.1, 0.15) is 0 Å². The summed E-state index contributed by atoms with van der Waals surface area (Å²) in [5, 5.41) is 5.02. The van der Waals surface area contributed by atoms with Crippen molar-refractivity contribution in [2.75, 3.05) is 5.32 Å². The van der Waals surface area contributed by atoms with Crippen molar-refractivity contribution in [1.82, 2.24) is 10.3 Å². The van der Waals surface area contributed by atoms with Crippen LogP contribution in [0.15, 0.2) is 18.3 Å². The molecule has 2 N–H and O–H groups in total. The Morgan fingerprint density at radius 1 is 1.47 bits per heavy atom. The normalized spacial score (nSPS) is 18.3. The van der Waals surface area contributed by atoms with Gasteiger partial charge in [0.25, 0.3) is 5.92 Å². The van der Waals surface area contributed by atoms with Gasteiger partial charge in [0, 0.05) is 24.6 Å². The summed E-state index contributed by atoms with van der Waals surface area (Å²) < 4.78 is 25.1. The third kappa shape index (κ3) is 3.12. The number of alkyl halides is 2. The first kappa shape index (κ1) is 11.8. The fourth-order valence-electron chi connectivity index (χ4n) is 1.66. The molecule has 1 aromatic rings. The number of nitrogens with zero attached hydrogens (tertiary/aromatic N) is 1. The molecular weight excluding hydrogens is 228 g/mol. The highest BCUT2D eigenvalue weighted by Gasteiger charge is 2.45. The SMILES string of the molecule is Cc1ccc(NC(=O)NC2CC(F)(F)C2)cn1. The zero-order valence-corrected chi connectivity index (χ0v) is 9.34. The second kappa shape index (κ2) is 4.27. The first-order valence-electron chi connectivity index (χ1n) is 5.33. The Balaban J connectivity index is 1.80. The lowest BCUT2D eigenvalue weighted by Gasteiger charge is -2.35. The fraction of sp³-hybridized carbons (Fsp3) is 0.455. The van der Waals surface area contributed by atoms with E-state index in [1.807, 2.05) is 6.92 Å². The highest BCUT2D eigenvalue weighted by atomic mass is 19.3. The van der Waals surface area contributed by atoms with Crippen molar-refractivity contribution in [3.63, 3.8) is 0 Å². The van der Waals surface area contributed by atoms with Crippen LogP contribution in [0.3, 0.4) is 0 Å². The van der Waals surface area contributed by atoms with Crippen molar-refractivity contribution in [2.45, 2.75) is 31.7 Å². The maximum atomic E-state index is 12.5. The van der Waals surface area contributed by atoms with Gasteiger partial charge in [-0.1, -0.05) is 0 Å². The monoisotopic (exact) mass is 241 g/mol. The molecule has 0 spiro atoms. The summed E-state index contributed by atoms with van der Waals surface area (Å²) in [4.78, 5) is 15.4. The van der Waals surface area contributed by atoms with Gasteiger partial charge in [0.05, 0.1) is 11.9 Å². The number of nitrogens with one attached hydrogen (secondary N) is 2. The Morgan fingerprint density at radius 3 is 2.71 bits per heavy atom. The quantitative estimate of drug-likeness (QED) is 0.834. The molecule has 2 amide bonds.